The number of hydrogen-bond acceptors (Lipinski definition) is 7. The molecule has 2 aromatic heterocycles. The summed E-state index contributed by atoms with van der Waals surface area (Å²) in [5.41, 5.74) is 3.63. The molecule has 0 amide bonds. The van der Waals surface area contributed by atoms with Crippen molar-refractivity contribution in [2.45, 2.75) is 52.6 Å². The van der Waals surface area contributed by atoms with E-state index in [0.29, 0.717) is 11.6 Å². The molecule has 1 fully saturated rings. The van der Waals surface area contributed by atoms with Crippen molar-refractivity contribution >= 4 is 22.4 Å². The van der Waals surface area contributed by atoms with Crippen molar-refractivity contribution in [3.8, 4) is 6.07 Å². The summed E-state index contributed by atoms with van der Waals surface area (Å²) < 4.78 is 0. The van der Waals surface area contributed by atoms with E-state index >= 15 is 0 Å². The summed E-state index contributed by atoms with van der Waals surface area (Å²) in [7, 11) is 2.15. The zero-order valence-electron chi connectivity index (χ0n) is 20.3. The van der Waals surface area contributed by atoms with Gasteiger partial charge in [0.15, 0.2) is 5.82 Å². The highest BCUT2D eigenvalue weighted by Gasteiger charge is 2.23. The van der Waals surface area contributed by atoms with Crippen LogP contribution in [0.2, 0.25) is 0 Å². The second-order valence-electron chi connectivity index (χ2n) is 9.00. The molecule has 4 rings (SSSR count). The highest BCUT2D eigenvalue weighted by atomic mass is 15.2. The maximum Gasteiger partial charge on any atom is 0.157 e. The van der Waals surface area contributed by atoms with Crippen LogP contribution in [0.4, 0.5) is 11.6 Å². The van der Waals surface area contributed by atoms with Gasteiger partial charge in [-0.25, -0.2) is 4.98 Å². The van der Waals surface area contributed by atoms with Gasteiger partial charge in [0.1, 0.15) is 5.82 Å². The Bertz CT molecular complexity index is 1180. The van der Waals surface area contributed by atoms with Crippen LogP contribution in [0.3, 0.4) is 0 Å². The van der Waals surface area contributed by atoms with E-state index < -0.39 is 0 Å². The average molecular weight is 444 g/mol. The van der Waals surface area contributed by atoms with Gasteiger partial charge in [-0.15, -0.1) is 5.10 Å². The molecule has 1 aromatic carbocycles. The number of benzene rings is 1. The molecule has 3 heterocycles. The molecule has 1 aliphatic heterocycles. The molecule has 33 heavy (non-hydrogen) atoms. The van der Waals surface area contributed by atoms with E-state index in [-0.39, 0.29) is 6.04 Å². The van der Waals surface area contributed by atoms with E-state index in [1.165, 1.54) is 0 Å². The van der Waals surface area contributed by atoms with Crippen LogP contribution in [0.5, 0.6) is 0 Å². The average Bonchev–Trinajstić information content (AvgIpc) is 2.85. The largest absolute Gasteiger partial charge is 0.362 e. The lowest BCUT2D eigenvalue weighted by Crippen LogP contribution is -2.43. The number of rotatable bonds is 6. The highest BCUT2D eigenvalue weighted by molar-refractivity contribution is 5.94. The first-order valence-electron chi connectivity index (χ1n) is 11.8. The second kappa shape index (κ2) is 9.72. The van der Waals surface area contributed by atoms with E-state index in [9.17, 15) is 5.26 Å². The highest BCUT2D eigenvalue weighted by Crippen LogP contribution is 2.31. The summed E-state index contributed by atoms with van der Waals surface area (Å²) >= 11 is 0. The lowest BCUT2D eigenvalue weighted by atomic mass is 9.98. The van der Waals surface area contributed by atoms with Crippen molar-refractivity contribution in [3.63, 3.8) is 0 Å². The molecule has 1 aliphatic rings. The number of nitrogens with zero attached hydrogens (tertiary/aromatic N) is 6. The zero-order valence-corrected chi connectivity index (χ0v) is 20.3. The first-order chi connectivity index (χ1) is 15.9. The molecular formula is C26H33N7. The van der Waals surface area contributed by atoms with Gasteiger partial charge in [-0.05, 0) is 63.4 Å². The number of hydrogen-bond donors (Lipinski definition) is 1. The molecule has 1 saturated heterocycles. The summed E-state index contributed by atoms with van der Waals surface area (Å²) in [6, 6.07) is 10.7. The van der Waals surface area contributed by atoms with Crippen molar-refractivity contribution in [2.24, 2.45) is 0 Å². The van der Waals surface area contributed by atoms with E-state index in [4.69, 9.17) is 4.98 Å². The van der Waals surface area contributed by atoms with Crippen molar-refractivity contribution in [2.75, 3.05) is 36.9 Å². The fraction of sp³-hybridized carbons (Fsp3) is 0.462. The quantitative estimate of drug-likeness (QED) is 0.596. The van der Waals surface area contributed by atoms with E-state index in [2.05, 4.69) is 64.4 Å². The summed E-state index contributed by atoms with van der Waals surface area (Å²) in [4.78, 5) is 9.60. The Morgan fingerprint density at radius 1 is 1.21 bits per heavy atom. The first-order valence-corrected chi connectivity index (χ1v) is 11.8. The van der Waals surface area contributed by atoms with Crippen LogP contribution in [0, 0.1) is 25.2 Å². The molecule has 0 bridgehead atoms. The van der Waals surface area contributed by atoms with Crippen LogP contribution in [-0.4, -0.2) is 52.8 Å². The third-order valence-corrected chi connectivity index (χ3v) is 7.06. The summed E-state index contributed by atoms with van der Waals surface area (Å²) in [6.07, 6.45) is 4.21. The molecule has 1 N–H and O–H groups in total. The Kier molecular flexibility index (Phi) is 6.75. The van der Waals surface area contributed by atoms with Crippen molar-refractivity contribution < 1.29 is 0 Å². The summed E-state index contributed by atoms with van der Waals surface area (Å²) in [5.74, 6) is 1.70. The smallest absolute Gasteiger partial charge is 0.157 e. The van der Waals surface area contributed by atoms with Crippen LogP contribution in [0.25, 0.3) is 10.8 Å². The first kappa shape index (κ1) is 22.9. The molecule has 0 aliphatic carbocycles. The standard InChI is InChI=1S/C26H33N7/c1-6-33-12-10-21(11-13-33)32(5)25-14-23-24(16-28-25)19(4)30-31-26(23)29-18(3)22-9-7-8-20(15-27)17(22)2/h7-9,14,16,18,21H,6,10-13H2,1-5H3,(H,29,31)/t18-/m1/s1. The molecule has 7 nitrogen and oxygen atoms in total. The predicted octanol–water partition coefficient (Wildman–Crippen LogP) is 4.61. The number of piperidine rings is 1. The number of aromatic nitrogens is 3. The number of fused-ring (bicyclic) bond motifs is 1. The van der Waals surface area contributed by atoms with E-state index in [0.717, 1.165) is 71.7 Å². The second-order valence-corrected chi connectivity index (χ2v) is 9.00. The SMILES string of the molecule is CCN1CCC(N(C)c2cc3c(N[C@H](C)c4cccc(C#N)c4C)nnc(C)c3cn2)CC1. The molecule has 172 valence electrons. The molecule has 0 saturated carbocycles. The number of anilines is 2. The maximum absolute atomic E-state index is 9.40. The van der Waals surface area contributed by atoms with Crippen LogP contribution in [-0.2, 0) is 0 Å². The molecule has 7 heteroatoms. The van der Waals surface area contributed by atoms with Gasteiger partial charge in [0.2, 0.25) is 0 Å². The zero-order chi connectivity index (χ0) is 23.5. The molecule has 0 spiro atoms. The normalized spacial score (nSPS) is 15.9. The van der Waals surface area contributed by atoms with Crippen LogP contribution >= 0.6 is 0 Å². The van der Waals surface area contributed by atoms with E-state index in [1.54, 1.807) is 0 Å². The molecule has 0 unspecified atom stereocenters. The number of nitriles is 1. The van der Waals surface area contributed by atoms with Gasteiger partial charge in [0.25, 0.3) is 0 Å². The van der Waals surface area contributed by atoms with Crippen molar-refractivity contribution in [1.29, 1.82) is 5.26 Å². The Labute approximate surface area is 196 Å². The number of likely N-dealkylation sites (tertiary alicyclic amines) is 1. The van der Waals surface area contributed by atoms with Crippen LogP contribution in [0.1, 0.15) is 55.1 Å². The Morgan fingerprint density at radius 3 is 2.67 bits per heavy atom. The Balaban J connectivity index is 1.64. The van der Waals surface area contributed by atoms with Gasteiger partial charge in [-0.3, -0.25) is 0 Å². The van der Waals surface area contributed by atoms with Gasteiger partial charge < -0.3 is 15.1 Å². The third kappa shape index (κ3) is 4.62. The molecule has 0 radical (unpaired) electrons. The minimum absolute atomic E-state index is 0.0220. The van der Waals surface area contributed by atoms with Crippen LogP contribution in [0.15, 0.2) is 30.5 Å². The van der Waals surface area contributed by atoms with Crippen LogP contribution < -0.4 is 10.2 Å². The van der Waals surface area contributed by atoms with Gasteiger partial charge in [0, 0.05) is 43.1 Å². The van der Waals surface area contributed by atoms with Gasteiger partial charge in [0.05, 0.1) is 23.4 Å². The van der Waals surface area contributed by atoms with Gasteiger partial charge >= 0.3 is 0 Å². The third-order valence-electron chi connectivity index (χ3n) is 7.06. The molecule has 3 aromatic rings. The molecule has 1 atom stereocenters. The minimum Gasteiger partial charge on any atom is -0.362 e. The summed E-state index contributed by atoms with van der Waals surface area (Å²) in [5, 5.41) is 23.8. The lowest BCUT2D eigenvalue weighted by molar-refractivity contribution is 0.220. The lowest BCUT2D eigenvalue weighted by Gasteiger charge is -2.37. The number of pyridine rings is 1. The van der Waals surface area contributed by atoms with Gasteiger partial charge in [-0.2, -0.15) is 10.4 Å². The fourth-order valence-corrected chi connectivity index (χ4v) is 4.80. The Morgan fingerprint density at radius 2 is 1.97 bits per heavy atom. The fourth-order valence-electron chi connectivity index (χ4n) is 4.80. The monoisotopic (exact) mass is 443 g/mol. The number of aryl methyl sites for hydroxylation is 1. The van der Waals surface area contributed by atoms with E-state index in [1.807, 2.05) is 32.2 Å². The van der Waals surface area contributed by atoms with Crippen molar-refractivity contribution in [1.82, 2.24) is 20.1 Å². The predicted molar refractivity (Wildman–Crippen MR) is 134 cm³/mol. The maximum atomic E-state index is 9.40. The van der Waals surface area contributed by atoms with Gasteiger partial charge in [-0.1, -0.05) is 19.1 Å². The summed E-state index contributed by atoms with van der Waals surface area (Å²) in [6.45, 7) is 11.7. The minimum atomic E-state index is -0.0220. The molecular weight excluding hydrogens is 410 g/mol. The Hall–Kier alpha value is -3.24. The number of nitrogens with one attached hydrogen (secondary N) is 1. The van der Waals surface area contributed by atoms with Crippen molar-refractivity contribution in [3.05, 3.63) is 52.8 Å². The topological polar surface area (TPSA) is 81.0 Å².